The fourth-order valence-corrected chi connectivity index (χ4v) is 5.79. The van der Waals surface area contributed by atoms with Gasteiger partial charge in [0.25, 0.3) is 5.91 Å². The van der Waals surface area contributed by atoms with Gasteiger partial charge in [-0.1, -0.05) is 24.6 Å². The van der Waals surface area contributed by atoms with Gasteiger partial charge in [-0.25, -0.2) is 19.9 Å². The number of nitrogens with zero attached hydrogens (tertiary/aromatic N) is 7. The summed E-state index contributed by atoms with van der Waals surface area (Å²) in [5.41, 5.74) is 0.764. The van der Waals surface area contributed by atoms with Crippen LogP contribution in [0.3, 0.4) is 0 Å². The summed E-state index contributed by atoms with van der Waals surface area (Å²) in [5.74, 6) is -1.38. The first-order valence-electron chi connectivity index (χ1n) is 15.0. The number of piperazine rings is 1. The number of hydrogen-bond donors (Lipinski definition) is 2. The number of aromatic hydroxyl groups is 1. The molecule has 1 aromatic carbocycles. The van der Waals surface area contributed by atoms with Crippen LogP contribution in [0.2, 0.25) is 5.02 Å². The molecule has 0 spiro atoms. The van der Waals surface area contributed by atoms with Crippen LogP contribution in [0.15, 0.2) is 35.4 Å². The molecular weight excluding hydrogens is 653 g/mol. The second-order valence-electron chi connectivity index (χ2n) is 11.1. The van der Waals surface area contributed by atoms with Gasteiger partial charge in [-0.15, -0.1) is 0 Å². The highest BCUT2D eigenvalue weighted by Crippen LogP contribution is 2.34. The molecule has 0 aliphatic carbocycles. The quantitative estimate of drug-likeness (QED) is 0.281. The van der Waals surface area contributed by atoms with Gasteiger partial charge in [0.05, 0.1) is 33.4 Å². The smallest absolute Gasteiger partial charge is 0.416 e. The molecule has 4 aromatic rings. The number of aromatic nitrogens is 5. The van der Waals surface area contributed by atoms with Gasteiger partial charge in [0.2, 0.25) is 11.3 Å². The number of anilines is 2. The number of amides is 2. The molecule has 0 atom stereocenters. The lowest BCUT2D eigenvalue weighted by Crippen LogP contribution is -2.50. The zero-order valence-corrected chi connectivity index (χ0v) is 27.3. The van der Waals surface area contributed by atoms with Crippen LogP contribution < -0.4 is 15.6 Å². The molecule has 5 rings (SSSR count). The van der Waals surface area contributed by atoms with Crippen LogP contribution in [0.4, 0.5) is 24.5 Å². The molecule has 0 unspecified atom stereocenters. The van der Waals surface area contributed by atoms with Crippen molar-refractivity contribution in [3.63, 3.8) is 0 Å². The summed E-state index contributed by atoms with van der Waals surface area (Å²) in [4.78, 5) is 61.2. The number of carbonyl (C=O) groups is 2. The summed E-state index contributed by atoms with van der Waals surface area (Å²) in [5, 5.41) is 12.6. The predicted molar refractivity (Wildman–Crippen MR) is 174 cm³/mol. The second kappa shape index (κ2) is 13.6. The number of benzene rings is 1. The van der Waals surface area contributed by atoms with Gasteiger partial charge >= 0.3 is 6.18 Å². The molecule has 0 radical (unpaired) electrons. The van der Waals surface area contributed by atoms with Gasteiger partial charge in [-0.3, -0.25) is 14.4 Å². The van der Waals surface area contributed by atoms with Crippen molar-refractivity contribution in [2.24, 2.45) is 0 Å². The van der Waals surface area contributed by atoms with E-state index in [1.165, 1.54) is 11.2 Å². The molecular formula is C32H32ClF3N8O4. The van der Waals surface area contributed by atoms with Gasteiger partial charge in [-0.2, -0.15) is 13.2 Å². The van der Waals surface area contributed by atoms with E-state index >= 15 is 0 Å². The van der Waals surface area contributed by atoms with Gasteiger partial charge < -0.3 is 24.8 Å². The van der Waals surface area contributed by atoms with Crippen molar-refractivity contribution >= 4 is 52.0 Å². The zero-order chi connectivity index (χ0) is 34.9. The minimum Gasteiger partial charge on any atom is -0.504 e. The molecule has 48 heavy (non-hydrogen) atoms. The average molecular weight is 685 g/mol. The molecule has 0 saturated carbocycles. The Morgan fingerprint density at radius 1 is 1.08 bits per heavy atom. The number of halogens is 4. The molecule has 1 aliphatic rings. The Morgan fingerprint density at radius 2 is 1.79 bits per heavy atom. The fraction of sp³-hybridized carbons (Fsp3) is 0.344. The van der Waals surface area contributed by atoms with Crippen molar-refractivity contribution in [2.45, 2.75) is 46.8 Å². The first-order valence-corrected chi connectivity index (χ1v) is 15.4. The second-order valence-corrected chi connectivity index (χ2v) is 11.5. The summed E-state index contributed by atoms with van der Waals surface area (Å²) in [6.45, 7) is 7.47. The third-order valence-electron chi connectivity index (χ3n) is 8.00. The molecule has 4 heterocycles. The van der Waals surface area contributed by atoms with Crippen molar-refractivity contribution in [1.29, 1.82) is 0 Å². The van der Waals surface area contributed by atoms with Gasteiger partial charge in [0, 0.05) is 31.9 Å². The Kier molecular flexibility index (Phi) is 9.71. The van der Waals surface area contributed by atoms with E-state index < -0.39 is 29.0 Å². The van der Waals surface area contributed by atoms with Crippen LogP contribution in [-0.4, -0.2) is 72.5 Å². The zero-order valence-electron chi connectivity index (χ0n) is 26.5. The lowest BCUT2D eigenvalue weighted by Gasteiger charge is -2.37. The number of allylic oxidation sites excluding steroid dienone is 1. The number of rotatable bonds is 7. The highest BCUT2D eigenvalue weighted by atomic mass is 35.5. The number of fused-ring (bicyclic) bond motifs is 1. The number of aryl methyl sites for hydroxylation is 2. The van der Waals surface area contributed by atoms with Crippen LogP contribution >= 0.6 is 11.6 Å². The maximum absolute atomic E-state index is 14.2. The molecule has 1 aliphatic heterocycles. The largest absolute Gasteiger partial charge is 0.504 e. The normalized spacial score (nSPS) is 13.8. The lowest BCUT2D eigenvalue weighted by molar-refractivity contribution is -0.137. The third kappa shape index (κ3) is 6.68. The molecule has 252 valence electrons. The highest BCUT2D eigenvalue weighted by Gasteiger charge is 2.32. The summed E-state index contributed by atoms with van der Waals surface area (Å²) >= 11 is 6.09. The SMILES string of the molecule is CC=Cc1nc2c(=O)c(N3CCN(C(=O)c4ncnc(C)c4O)CC3)c(CC)n(CC(=O)Nc3ccc(C(F)(F)F)cc3Cl)c2nc1C. The first kappa shape index (κ1) is 34.3. The molecule has 3 aromatic heterocycles. The molecule has 12 nitrogen and oxygen atoms in total. The standard InChI is InChI=1S/C32H32ClF3N8O4/c1-5-7-21-17(3)39-30-25(41-21)29(47)27(42-10-12-43(13-11-42)31(48)26-28(46)18(4)37-16-38-26)23(6-2)44(30)15-24(45)40-22-9-8-19(14-20(22)33)32(34,35)36/h5,7-9,14,16,46H,6,10-13,15H2,1-4H3,(H,40,45). The number of carbonyl (C=O) groups excluding carboxylic acids is 2. The monoisotopic (exact) mass is 684 g/mol. The van der Waals surface area contributed by atoms with Crippen LogP contribution in [0.5, 0.6) is 5.75 Å². The van der Waals surface area contributed by atoms with E-state index in [4.69, 9.17) is 11.6 Å². The molecule has 0 bridgehead atoms. The maximum Gasteiger partial charge on any atom is 0.416 e. The average Bonchev–Trinajstić information content (AvgIpc) is 3.04. The van der Waals surface area contributed by atoms with Gasteiger partial charge in [0.15, 0.2) is 22.6 Å². The summed E-state index contributed by atoms with van der Waals surface area (Å²) in [7, 11) is 0. The maximum atomic E-state index is 14.2. The van der Waals surface area contributed by atoms with Crippen LogP contribution in [0.1, 0.15) is 52.7 Å². The van der Waals surface area contributed by atoms with Crippen LogP contribution in [0, 0.1) is 13.8 Å². The topological polar surface area (TPSA) is 146 Å². The fourth-order valence-electron chi connectivity index (χ4n) is 5.56. The van der Waals surface area contributed by atoms with E-state index in [-0.39, 0.29) is 71.7 Å². The van der Waals surface area contributed by atoms with E-state index in [1.807, 2.05) is 11.8 Å². The van der Waals surface area contributed by atoms with Crippen molar-refractivity contribution in [2.75, 3.05) is 36.4 Å². The Morgan fingerprint density at radius 3 is 2.42 bits per heavy atom. The Hall–Kier alpha value is -5.05. The molecule has 1 fully saturated rings. The minimum absolute atomic E-state index is 0.0124. The predicted octanol–water partition coefficient (Wildman–Crippen LogP) is 4.77. The van der Waals surface area contributed by atoms with Crippen molar-refractivity contribution in [3.8, 4) is 5.75 Å². The number of pyridine rings is 1. The third-order valence-corrected chi connectivity index (χ3v) is 8.31. The van der Waals surface area contributed by atoms with E-state index in [0.717, 1.165) is 18.2 Å². The van der Waals surface area contributed by atoms with E-state index in [2.05, 4.69) is 25.3 Å². The van der Waals surface area contributed by atoms with Crippen molar-refractivity contribution < 1.29 is 27.9 Å². The van der Waals surface area contributed by atoms with E-state index in [0.29, 0.717) is 29.2 Å². The van der Waals surface area contributed by atoms with Crippen LogP contribution in [-0.2, 0) is 23.9 Å². The van der Waals surface area contributed by atoms with Crippen molar-refractivity contribution in [1.82, 2.24) is 29.4 Å². The van der Waals surface area contributed by atoms with E-state index in [9.17, 15) is 32.7 Å². The number of hydrogen-bond acceptors (Lipinski definition) is 9. The Bertz CT molecular complexity index is 2010. The highest BCUT2D eigenvalue weighted by molar-refractivity contribution is 6.33. The molecule has 1 saturated heterocycles. The Labute approximate surface area is 277 Å². The minimum atomic E-state index is -4.61. The van der Waals surface area contributed by atoms with E-state index in [1.54, 1.807) is 37.5 Å². The number of alkyl halides is 3. The Balaban J connectivity index is 1.52. The summed E-state index contributed by atoms with van der Waals surface area (Å²) < 4.78 is 41.0. The number of nitrogens with one attached hydrogen (secondary N) is 1. The lowest BCUT2D eigenvalue weighted by atomic mass is 10.1. The summed E-state index contributed by atoms with van der Waals surface area (Å²) in [6, 6.07) is 2.63. The summed E-state index contributed by atoms with van der Waals surface area (Å²) in [6.07, 6.45) is 0.380. The first-order chi connectivity index (χ1) is 22.7. The van der Waals surface area contributed by atoms with Crippen molar-refractivity contribution in [3.05, 3.63) is 79.9 Å². The van der Waals surface area contributed by atoms with Crippen LogP contribution in [0.25, 0.3) is 17.2 Å². The van der Waals surface area contributed by atoms with Gasteiger partial charge in [-0.05, 0) is 51.5 Å². The van der Waals surface area contributed by atoms with Gasteiger partial charge in [0.1, 0.15) is 18.6 Å². The molecule has 2 amide bonds. The molecule has 2 N–H and O–H groups in total. The molecule has 16 heteroatoms.